The maximum Gasteiger partial charge on any atom is 0.469 e. The predicted octanol–water partition coefficient (Wildman–Crippen LogP) is 4.55. The van der Waals surface area contributed by atoms with Crippen molar-refractivity contribution in [3.05, 3.63) is 0 Å². The Labute approximate surface area is 236 Å². The van der Waals surface area contributed by atoms with Crippen LogP contribution in [0.15, 0.2) is 0 Å². The number of carboxylic acids is 1. The summed E-state index contributed by atoms with van der Waals surface area (Å²) in [4.78, 5) is 27.0. The molecule has 11 nitrogen and oxygen atoms in total. The SMILES string of the molecule is CCCCCCCCCCCCCCCC(=O)O.CCCCCOCC(O)COP(=O)(O)O.OCC(O)CO. The van der Waals surface area contributed by atoms with Crippen molar-refractivity contribution < 1.29 is 53.9 Å². The lowest BCUT2D eigenvalue weighted by atomic mass is 10.0. The Kier molecular flexibility index (Phi) is 36.9. The van der Waals surface area contributed by atoms with E-state index < -0.39 is 32.6 Å². The summed E-state index contributed by atoms with van der Waals surface area (Å²) < 4.78 is 19.5. The third-order valence-electron chi connectivity index (χ3n) is 5.55. The molecule has 0 amide bonds. The maximum absolute atomic E-state index is 10.3. The quantitative estimate of drug-likeness (QED) is 0.0582. The van der Waals surface area contributed by atoms with E-state index in [1.165, 1.54) is 70.6 Å². The van der Waals surface area contributed by atoms with Crippen LogP contribution < -0.4 is 0 Å². The first-order valence-corrected chi connectivity index (χ1v) is 16.1. The standard InChI is InChI=1S/C16H32O2.C8H19O6P.C3H8O3/c1-2-3-4-5-6-7-8-9-10-11-12-13-14-15-16(17)18;1-2-3-4-5-13-6-8(9)7-14-15(10,11)12;4-1-3(6)2-5/h2-15H2,1H3,(H,17,18);8-9H,2-7H2,1H3,(H2,10,11,12);3-6H,1-2H2. The fourth-order valence-electron chi connectivity index (χ4n) is 3.26. The van der Waals surface area contributed by atoms with E-state index in [0.717, 1.165) is 32.1 Å². The summed E-state index contributed by atoms with van der Waals surface area (Å²) in [7, 11) is -4.48. The summed E-state index contributed by atoms with van der Waals surface area (Å²) in [5.74, 6) is -0.655. The minimum atomic E-state index is -4.48. The van der Waals surface area contributed by atoms with Crippen molar-refractivity contribution in [1.29, 1.82) is 0 Å². The molecule has 0 saturated carbocycles. The number of hydrogen-bond donors (Lipinski definition) is 7. The number of hydrogen-bond acceptors (Lipinski definition) is 8. The normalized spacial score (nSPS) is 11.9. The Balaban J connectivity index is -0.000000556. The summed E-state index contributed by atoms with van der Waals surface area (Å²) >= 11 is 0. The van der Waals surface area contributed by atoms with Crippen LogP contribution >= 0.6 is 7.82 Å². The van der Waals surface area contributed by atoms with Crippen molar-refractivity contribution in [2.24, 2.45) is 0 Å². The van der Waals surface area contributed by atoms with Crippen molar-refractivity contribution in [2.75, 3.05) is 33.0 Å². The number of carbonyl (C=O) groups is 1. The Morgan fingerprint density at radius 1 is 0.667 bits per heavy atom. The second kappa shape index (κ2) is 33.6. The molecule has 12 heteroatoms. The van der Waals surface area contributed by atoms with Crippen LogP contribution in [0.3, 0.4) is 0 Å². The zero-order valence-electron chi connectivity index (χ0n) is 24.4. The number of unbranched alkanes of at least 4 members (excludes halogenated alkanes) is 14. The van der Waals surface area contributed by atoms with Gasteiger partial charge in [0.25, 0.3) is 0 Å². The van der Waals surface area contributed by atoms with Crippen molar-refractivity contribution in [2.45, 2.75) is 135 Å². The van der Waals surface area contributed by atoms with E-state index >= 15 is 0 Å². The van der Waals surface area contributed by atoms with Gasteiger partial charge in [0.15, 0.2) is 0 Å². The summed E-state index contributed by atoms with van der Waals surface area (Å²) in [5.41, 5.74) is 0. The van der Waals surface area contributed by atoms with Gasteiger partial charge in [-0.3, -0.25) is 9.32 Å². The highest BCUT2D eigenvalue weighted by Gasteiger charge is 2.16. The number of aliphatic carboxylic acids is 1. The topological polar surface area (TPSA) is 194 Å². The van der Waals surface area contributed by atoms with Crippen LogP contribution in [0.4, 0.5) is 0 Å². The van der Waals surface area contributed by atoms with E-state index in [0.29, 0.717) is 13.0 Å². The molecule has 0 aliphatic heterocycles. The van der Waals surface area contributed by atoms with Crippen molar-refractivity contribution in [3.8, 4) is 0 Å². The molecule has 0 aliphatic rings. The molecule has 0 rings (SSSR count). The molecule has 0 radical (unpaired) electrons. The number of phosphoric acid groups is 1. The first kappa shape index (κ1) is 42.8. The maximum atomic E-state index is 10.3. The van der Waals surface area contributed by atoms with Crippen LogP contribution in [0, 0.1) is 0 Å². The Morgan fingerprint density at radius 3 is 1.44 bits per heavy atom. The minimum absolute atomic E-state index is 0.0315. The Morgan fingerprint density at radius 2 is 1.08 bits per heavy atom. The van der Waals surface area contributed by atoms with Crippen LogP contribution in [-0.4, -0.2) is 86.5 Å². The van der Waals surface area contributed by atoms with Gasteiger partial charge < -0.3 is 40.1 Å². The number of rotatable bonds is 25. The van der Waals surface area contributed by atoms with Crippen molar-refractivity contribution >= 4 is 13.8 Å². The molecule has 0 fully saturated rings. The molecule has 0 spiro atoms. The summed E-state index contributed by atoms with van der Waals surface area (Å²) in [6.07, 6.45) is 18.4. The number of carboxylic acid groups (broad SMARTS) is 1. The highest BCUT2D eigenvalue weighted by Crippen LogP contribution is 2.35. The fraction of sp³-hybridized carbons (Fsp3) is 0.963. The van der Waals surface area contributed by atoms with Crippen molar-refractivity contribution in [3.63, 3.8) is 0 Å². The van der Waals surface area contributed by atoms with E-state index in [2.05, 4.69) is 18.4 Å². The second-order valence-electron chi connectivity index (χ2n) is 9.63. The van der Waals surface area contributed by atoms with Gasteiger partial charge in [0.05, 0.1) is 26.4 Å². The van der Waals surface area contributed by atoms with E-state index in [1.807, 2.05) is 0 Å². The van der Waals surface area contributed by atoms with Gasteiger partial charge in [-0.15, -0.1) is 0 Å². The smallest absolute Gasteiger partial charge is 0.469 e. The summed E-state index contributed by atoms with van der Waals surface area (Å²) in [6.45, 7) is 3.76. The first-order chi connectivity index (χ1) is 18.5. The van der Waals surface area contributed by atoms with Crippen LogP contribution in [-0.2, 0) is 18.6 Å². The second-order valence-corrected chi connectivity index (χ2v) is 10.9. The number of phosphoric ester groups is 1. The molecule has 0 aromatic carbocycles. The van der Waals surface area contributed by atoms with Gasteiger partial charge in [-0.2, -0.15) is 0 Å². The third kappa shape index (κ3) is 47.5. The highest BCUT2D eigenvalue weighted by atomic mass is 31.2. The fourth-order valence-corrected chi connectivity index (χ4v) is 3.62. The minimum Gasteiger partial charge on any atom is -0.481 e. The van der Waals surface area contributed by atoms with Gasteiger partial charge in [-0.05, 0) is 12.8 Å². The lowest BCUT2D eigenvalue weighted by Gasteiger charge is -2.11. The molecule has 238 valence electrons. The monoisotopic (exact) mass is 590 g/mol. The highest BCUT2D eigenvalue weighted by molar-refractivity contribution is 7.46. The Bertz CT molecular complexity index is 528. The molecule has 1 unspecified atom stereocenters. The molecule has 39 heavy (non-hydrogen) atoms. The van der Waals surface area contributed by atoms with Crippen LogP contribution in [0.25, 0.3) is 0 Å². The summed E-state index contributed by atoms with van der Waals surface area (Å²) in [5, 5.41) is 41.7. The largest absolute Gasteiger partial charge is 0.481 e. The van der Waals surface area contributed by atoms with E-state index in [9.17, 15) is 14.5 Å². The first-order valence-electron chi connectivity index (χ1n) is 14.6. The average Bonchev–Trinajstić information content (AvgIpc) is 2.89. The van der Waals surface area contributed by atoms with Crippen LogP contribution in [0.2, 0.25) is 0 Å². The average molecular weight is 591 g/mol. The molecule has 0 aliphatic carbocycles. The van der Waals surface area contributed by atoms with Gasteiger partial charge in [-0.25, -0.2) is 4.57 Å². The third-order valence-corrected chi connectivity index (χ3v) is 6.04. The summed E-state index contributed by atoms with van der Waals surface area (Å²) in [6, 6.07) is 0. The lowest BCUT2D eigenvalue weighted by Crippen LogP contribution is -2.21. The van der Waals surface area contributed by atoms with Crippen molar-refractivity contribution in [1.82, 2.24) is 0 Å². The van der Waals surface area contributed by atoms with E-state index in [-0.39, 0.29) is 19.8 Å². The molecular weight excluding hydrogens is 531 g/mol. The van der Waals surface area contributed by atoms with E-state index in [1.54, 1.807) is 0 Å². The number of aliphatic hydroxyl groups excluding tert-OH is 4. The molecule has 0 aromatic rings. The molecule has 1 atom stereocenters. The Hall–Kier alpha value is -0.620. The van der Waals surface area contributed by atoms with Gasteiger partial charge in [0.1, 0.15) is 12.2 Å². The molecule has 0 aromatic heterocycles. The number of ether oxygens (including phenoxy) is 1. The zero-order valence-corrected chi connectivity index (χ0v) is 25.3. The predicted molar refractivity (Wildman–Crippen MR) is 152 cm³/mol. The van der Waals surface area contributed by atoms with Gasteiger partial charge in [-0.1, -0.05) is 104 Å². The molecule has 0 bridgehead atoms. The van der Waals surface area contributed by atoms with Gasteiger partial charge in [0, 0.05) is 13.0 Å². The lowest BCUT2D eigenvalue weighted by molar-refractivity contribution is -0.137. The van der Waals surface area contributed by atoms with Gasteiger partial charge >= 0.3 is 13.8 Å². The molecule has 0 saturated heterocycles. The molecular formula is C27H59O11P. The van der Waals surface area contributed by atoms with E-state index in [4.69, 9.17) is 34.9 Å². The van der Waals surface area contributed by atoms with Gasteiger partial charge in [0.2, 0.25) is 0 Å². The molecule has 7 N–H and O–H groups in total. The molecule has 0 heterocycles. The van der Waals surface area contributed by atoms with Crippen LogP contribution in [0.5, 0.6) is 0 Å². The zero-order chi connectivity index (χ0) is 30.2. The van der Waals surface area contributed by atoms with Crippen LogP contribution in [0.1, 0.15) is 123 Å². The number of aliphatic hydroxyl groups is 4.